The fourth-order valence-electron chi connectivity index (χ4n) is 7.13. The van der Waals surface area contributed by atoms with Crippen molar-refractivity contribution < 1.29 is 0 Å². The molecule has 0 aliphatic carbocycles. The molecule has 0 radical (unpaired) electrons. The average molecular weight is 654 g/mol. The molecule has 3 aromatic heterocycles. The van der Waals surface area contributed by atoms with E-state index in [4.69, 9.17) is 10.3 Å². The van der Waals surface area contributed by atoms with Gasteiger partial charge in [0.05, 0.1) is 5.69 Å². The molecule has 5 aromatic carbocycles. The van der Waals surface area contributed by atoms with Crippen molar-refractivity contribution >= 4 is 5.65 Å². The van der Waals surface area contributed by atoms with Crippen molar-refractivity contribution in [3.8, 4) is 22.5 Å². The van der Waals surface area contributed by atoms with Gasteiger partial charge in [-0.25, -0.2) is 4.68 Å². The van der Waals surface area contributed by atoms with Crippen LogP contribution in [-0.4, -0.2) is 34.4 Å². The van der Waals surface area contributed by atoms with Crippen molar-refractivity contribution in [2.45, 2.75) is 32.4 Å². The van der Waals surface area contributed by atoms with E-state index in [1.165, 1.54) is 4.52 Å². The molecule has 0 N–H and O–H groups in total. The predicted octanol–water partition coefficient (Wildman–Crippen LogP) is 7.58. The summed E-state index contributed by atoms with van der Waals surface area (Å²) >= 11 is 0. The predicted molar refractivity (Wildman–Crippen MR) is 196 cm³/mol. The number of aromatic nitrogens is 7. The molecule has 8 nitrogen and oxygen atoms in total. The van der Waals surface area contributed by atoms with E-state index in [1.54, 1.807) is 6.07 Å². The van der Waals surface area contributed by atoms with Gasteiger partial charge in [-0.2, -0.15) is 9.61 Å². The number of benzene rings is 5. The van der Waals surface area contributed by atoms with E-state index < -0.39 is 5.54 Å². The van der Waals surface area contributed by atoms with E-state index in [1.807, 2.05) is 48.0 Å². The standard InChI is InChI=1S/C42H35N7O/c1-3-36-28-40(50)48-39(27-30(2)44-48)47(36)29-31-23-25-32(26-24-31)37-21-13-14-22-38(37)41-43-45-46-49(41)42(33-15-7-4-8-16-33,34-17-9-5-10-18-34)35-19-11-6-12-20-35/h4-28H,3,29H2,1-2H3. The third-order valence-corrected chi connectivity index (χ3v) is 9.43. The Hall–Kier alpha value is -6.41. The Labute approximate surface area is 289 Å². The monoisotopic (exact) mass is 653 g/mol. The number of tetrazole rings is 1. The zero-order valence-electron chi connectivity index (χ0n) is 27.9. The Bertz CT molecular complexity index is 2370. The minimum atomic E-state index is -0.856. The molecule has 3 heterocycles. The van der Waals surface area contributed by atoms with E-state index in [-0.39, 0.29) is 5.56 Å². The number of hydrogen-bond donors (Lipinski definition) is 0. The van der Waals surface area contributed by atoms with E-state index in [0.29, 0.717) is 12.4 Å². The summed E-state index contributed by atoms with van der Waals surface area (Å²) in [5.41, 5.74) is 8.86. The summed E-state index contributed by atoms with van der Waals surface area (Å²) in [6.07, 6.45) is 0.743. The third-order valence-electron chi connectivity index (χ3n) is 9.43. The lowest BCUT2D eigenvalue weighted by Crippen LogP contribution is -2.39. The fraction of sp³-hybridized carbons (Fsp3) is 0.119. The second kappa shape index (κ2) is 12.9. The number of rotatable bonds is 9. The van der Waals surface area contributed by atoms with Crippen molar-refractivity contribution in [2.75, 3.05) is 0 Å². The van der Waals surface area contributed by atoms with Gasteiger partial charge in [-0.05, 0) is 57.2 Å². The SMILES string of the molecule is CCc1cc(=O)n2nc(C)cc2n1Cc1ccc(-c2ccccc2-c2nnnn2C(c2ccccc2)(c2ccccc2)c2ccccc2)cc1. The molecule has 0 bridgehead atoms. The lowest BCUT2D eigenvalue weighted by atomic mass is 9.77. The highest BCUT2D eigenvalue weighted by Gasteiger charge is 2.42. The van der Waals surface area contributed by atoms with Crippen LogP contribution in [0.5, 0.6) is 0 Å². The molecule has 0 saturated carbocycles. The van der Waals surface area contributed by atoms with Crippen LogP contribution in [0.3, 0.4) is 0 Å². The number of nitrogens with zero attached hydrogens (tertiary/aromatic N) is 7. The first kappa shape index (κ1) is 30.9. The van der Waals surface area contributed by atoms with Crippen LogP contribution in [-0.2, 0) is 18.5 Å². The van der Waals surface area contributed by atoms with Gasteiger partial charge in [0, 0.05) is 29.9 Å². The van der Waals surface area contributed by atoms with E-state index in [2.05, 4.69) is 131 Å². The van der Waals surface area contributed by atoms with Crippen molar-refractivity contribution in [3.63, 3.8) is 0 Å². The largest absolute Gasteiger partial charge is 0.325 e. The highest BCUT2D eigenvalue weighted by atomic mass is 16.1. The van der Waals surface area contributed by atoms with Crippen LogP contribution in [0.15, 0.2) is 156 Å². The first-order valence-electron chi connectivity index (χ1n) is 16.8. The van der Waals surface area contributed by atoms with Gasteiger partial charge in [-0.15, -0.1) is 5.10 Å². The highest BCUT2D eigenvalue weighted by molar-refractivity contribution is 5.81. The van der Waals surface area contributed by atoms with Crippen LogP contribution < -0.4 is 5.56 Å². The molecule has 8 aromatic rings. The minimum absolute atomic E-state index is 0.105. The molecule has 0 aliphatic rings. The molecule has 0 saturated heterocycles. The Balaban J connectivity index is 1.25. The van der Waals surface area contributed by atoms with Crippen LogP contribution in [0.1, 0.15) is 40.6 Å². The maximum Gasteiger partial charge on any atom is 0.274 e. The lowest BCUT2D eigenvalue weighted by molar-refractivity contribution is 0.451. The lowest BCUT2D eigenvalue weighted by Gasteiger charge is -2.36. The summed E-state index contributed by atoms with van der Waals surface area (Å²) in [4.78, 5) is 12.7. The molecule has 0 fully saturated rings. The topological polar surface area (TPSA) is 82.9 Å². The summed E-state index contributed by atoms with van der Waals surface area (Å²) in [5, 5.41) is 18.2. The van der Waals surface area contributed by atoms with Gasteiger partial charge in [0.15, 0.2) is 5.82 Å². The summed E-state index contributed by atoms with van der Waals surface area (Å²) in [5.74, 6) is 0.653. The first-order valence-corrected chi connectivity index (χ1v) is 16.8. The second-order valence-electron chi connectivity index (χ2n) is 12.4. The molecule has 0 spiro atoms. The molecule has 8 heteroatoms. The van der Waals surface area contributed by atoms with E-state index >= 15 is 0 Å². The number of aryl methyl sites for hydroxylation is 2. The molecule has 244 valence electrons. The van der Waals surface area contributed by atoms with Crippen LogP contribution in [0.2, 0.25) is 0 Å². The second-order valence-corrected chi connectivity index (χ2v) is 12.4. The van der Waals surface area contributed by atoms with E-state index in [0.717, 1.165) is 62.4 Å². The van der Waals surface area contributed by atoms with Crippen molar-refractivity contribution in [1.82, 2.24) is 34.4 Å². The Morgan fingerprint density at radius 3 is 1.80 bits per heavy atom. The van der Waals surface area contributed by atoms with Gasteiger partial charge in [-0.1, -0.05) is 146 Å². The first-order chi connectivity index (χ1) is 24.6. The normalized spacial score (nSPS) is 11.6. The van der Waals surface area contributed by atoms with Crippen molar-refractivity contribution in [3.05, 3.63) is 196 Å². The highest BCUT2D eigenvalue weighted by Crippen LogP contribution is 2.43. The van der Waals surface area contributed by atoms with Gasteiger partial charge >= 0.3 is 0 Å². The van der Waals surface area contributed by atoms with Crippen molar-refractivity contribution in [1.29, 1.82) is 0 Å². The van der Waals surface area contributed by atoms with Gasteiger partial charge in [-0.3, -0.25) is 4.79 Å². The molecule has 0 atom stereocenters. The quantitative estimate of drug-likeness (QED) is 0.150. The maximum atomic E-state index is 12.7. The van der Waals surface area contributed by atoms with Crippen LogP contribution in [0.4, 0.5) is 0 Å². The average Bonchev–Trinajstić information content (AvgIpc) is 3.82. The summed E-state index contributed by atoms with van der Waals surface area (Å²) in [6.45, 7) is 4.60. The summed E-state index contributed by atoms with van der Waals surface area (Å²) < 4.78 is 5.64. The minimum Gasteiger partial charge on any atom is -0.325 e. The van der Waals surface area contributed by atoms with Crippen LogP contribution in [0, 0.1) is 6.92 Å². The Morgan fingerprint density at radius 1 is 0.660 bits per heavy atom. The maximum absolute atomic E-state index is 12.7. The molecular weight excluding hydrogens is 619 g/mol. The van der Waals surface area contributed by atoms with Gasteiger partial charge in [0.2, 0.25) is 0 Å². The Morgan fingerprint density at radius 2 is 1.22 bits per heavy atom. The Kier molecular flexibility index (Phi) is 7.97. The number of hydrogen-bond acceptors (Lipinski definition) is 5. The third kappa shape index (κ3) is 5.22. The van der Waals surface area contributed by atoms with Crippen molar-refractivity contribution in [2.24, 2.45) is 0 Å². The molecule has 0 aliphatic heterocycles. The van der Waals surface area contributed by atoms with Gasteiger partial charge in [0.25, 0.3) is 5.56 Å². The summed E-state index contributed by atoms with van der Waals surface area (Å²) in [6, 6.07) is 51.8. The zero-order chi connectivity index (χ0) is 34.1. The fourth-order valence-corrected chi connectivity index (χ4v) is 7.13. The molecular formula is C42H35N7O. The molecule has 8 rings (SSSR count). The zero-order valence-corrected chi connectivity index (χ0v) is 27.9. The van der Waals surface area contributed by atoms with Gasteiger partial charge < -0.3 is 4.57 Å². The van der Waals surface area contributed by atoms with Crippen LogP contribution in [0.25, 0.3) is 28.2 Å². The van der Waals surface area contributed by atoms with E-state index in [9.17, 15) is 4.79 Å². The summed E-state index contributed by atoms with van der Waals surface area (Å²) in [7, 11) is 0. The smallest absolute Gasteiger partial charge is 0.274 e. The van der Waals surface area contributed by atoms with Gasteiger partial charge in [0.1, 0.15) is 11.2 Å². The van der Waals surface area contributed by atoms with Crippen LogP contribution >= 0.6 is 0 Å². The molecule has 50 heavy (non-hydrogen) atoms. The molecule has 0 unspecified atom stereocenters. The molecule has 0 amide bonds. The number of fused-ring (bicyclic) bond motifs is 1.